The van der Waals surface area contributed by atoms with E-state index in [4.69, 9.17) is 4.74 Å². The fourth-order valence-corrected chi connectivity index (χ4v) is 3.52. The van der Waals surface area contributed by atoms with Crippen LogP contribution >= 0.6 is 0 Å². The number of rotatable bonds is 5. The summed E-state index contributed by atoms with van der Waals surface area (Å²) in [7, 11) is -3.60. The monoisotopic (exact) mass is 311 g/mol. The quantitative estimate of drug-likeness (QED) is 0.844. The van der Waals surface area contributed by atoms with Crippen LogP contribution < -0.4 is 4.72 Å². The van der Waals surface area contributed by atoms with Gasteiger partial charge in [0.15, 0.2) is 5.78 Å². The number of hydrogen-bond acceptors (Lipinski definition) is 4. The molecule has 1 aliphatic rings. The average molecular weight is 311 g/mol. The van der Waals surface area contributed by atoms with Crippen LogP contribution in [0, 0.1) is 5.41 Å². The summed E-state index contributed by atoms with van der Waals surface area (Å²) in [4.78, 5) is 11.5. The van der Waals surface area contributed by atoms with Gasteiger partial charge in [0, 0.05) is 25.3 Å². The van der Waals surface area contributed by atoms with Gasteiger partial charge in [0.25, 0.3) is 0 Å². The lowest BCUT2D eigenvalue weighted by molar-refractivity contribution is 0.0264. The van der Waals surface area contributed by atoms with Crippen LogP contribution in [0.15, 0.2) is 29.2 Å². The summed E-state index contributed by atoms with van der Waals surface area (Å²) in [5.74, 6) is -0.150. The zero-order valence-electron chi connectivity index (χ0n) is 12.4. The first-order valence-electron chi connectivity index (χ1n) is 7.01. The van der Waals surface area contributed by atoms with Crippen LogP contribution in [-0.2, 0) is 14.8 Å². The number of carbonyl (C=O) groups is 1. The minimum absolute atomic E-state index is 0.0799. The Kier molecular flexibility index (Phi) is 4.81. The van der Waals surface area contributed by atoms with Crippen molar-refractivity contribution in [3.63, 3.8) is 0 Å². The SMILES string of the molecule is CC(=O)c1cccc(S(=O)(=O)NCC2(C)CCOCC2)c1. The number of carbonyl (C=O) groups excluding carboxylic acids is 1. The molecule has 116 valence electrons. The smallest absolute Gasteiger partial charge is 0.240 e. The van der Waals surface area contributed by atoms with E-state index in [1.807, 2.05) is 0 Å². The molecule has 0 aromatic heterocycles. The second-order valence-electron chi connectivity index (χ2n) is 5.83. The number of benzene rings is 1. The van der Waals surface area contributed by atoms with Gasteiger partial charge in [-0.2, -0.15) is 0 Å². The van der Waals surface area contributed by atoms with Gasteiger partial charge in [-0.1, -0.05) is 19.1 Å². The second kappa shape index (κ2) is 6.25. The molecule has 21 heavy (non-hydrogen) atoms. The molecule has 0 saturated carbocycles. The van der Waals surface area contributed by atoms with Gasteiger partial charge in [0.2, 0.25) is 10.0 Å². The van der Waals surface area contributed by atoms with Crippen molar-refractivity contribution in [1.29, 1.82) is 0 Å². The van der Waals surface area contributed by atoms with E-state index in [9.17, 15) is 13.2 Å². The van der Waals surface area contributed by atoms with E-state index in [-0.39, 0.29) is 16.1 Å². The summed E-state index contributed by atoms with van der Waals surface area (Å²) >= 11 is 0. The maximum absolute atomic E-state index is 12.3. The number of sulfonamides is 1. The van der Waals surface area contributed by atoms with Gasteiger partial charge in [-0.3, -0.25) is 4.79 Å². The highest BCUT2D eigenvalue weighted by Crippen LogP contribution is 2.29. The third kappa shape index (κ3) is 4.12. The van der Waals surface area contributed by atoms with E-state index < -0.39 is 10.0 Å². The highest BCUT2D eigenvalue weighted by atomic mass is 32.2. The first-order valence-corrected chi connectivity index (χ1v) is 8.49. The zero-order chi connectivity index (χ0) is 15.5. The molecule has 1 heterocycles. The van der Waals surface area contributed by atoms with E-state index in [0.29, 0.717) is 25.3 Å². The molecule has 1 aromatic rings. The van der Waals surface area contributed by atoms with E-state index in [1.54, 1.807) is 12.1 Å². The van der Waals surface area contributed by atoms with Gasteiger partial charge in [-0.25, -0.2) is 13.1 Å². The average Bonchev–Trinajstić information content (AvgIpc) is 2.46. The van der Waals surface area contributed by atoms with E-state index in [0.717, 1.165) is 12.8 Å². The Balaban J connectivity index is 2.11. The molecule has 0 radical (unpaired) electrons. The normalized spacial score (nSPS) is 18.4. The molecule has 1 N–H and O–H groups in total. The van der Waals surface area contributed by atoms with Crippen LogP contribution in [-0.4, -0.2) is 34.0 Å². The highest BCUT2D eigenvalue weighted by molar-refractivity contribution is 7.89. The van der Waals surface area contributed by atoms with E-state index in [1.165, 1.54) is 19.1 Å². The van der Waals surface area contributed by atoms with Crippen LogP contribution in [0.25, 0.3) is 0 Å². The van der Waals surface area contributed by atoms with Crippen molar-refractivity contribution in [2.45, 2.75) is 31.6 Å². The summed E-state index contributed by atoms with van der Waals surface area (Å²) in [6, 6.07) is 6.11. The molecular weight excluding hydrogens is 290 g/mol. The molecule has 2 rings (SSSR count). The van der Waals surface area contributed by atoms with Crippen molar-refractivity contribution >= 4 is 15.8 Å². The summed E-state index contributed by atoms with van der Waals surface area (Å²) in [6.07, 6.45) is 1.67. The lowest BCUT2D eigenvalue weighted by atomic mass is 9.83. The fraction of sp³-hybridized carbons (Fsp3) is 0.533. The summed E-state index contributed by atoms with van der Waals surface area (Å²) in [6.45, 7) is 5.19. The second-order valence-corrected chi connectivity index (χ2v) is 7.60. The Morgan fingerprint density at radius 3 is 2.62 bits per heavy atom. The largest absolute Gasteiger partial charge is 0.381 e. The molecule has 0 atom stereocenters. The maximum atomic E-state index is 12.3. The number of ether oxygens (including phenoxy) is 1. The Labute approximate surface area is 125 Å². The van der Waals surface area contributed by atoms with Crippen molar-refractivity contribution in [2.75, 3.05) is 19.8 Å². The topological polar surface area (TPSA) is 72.5 Å². The fourth-order valence-electron chi connectivity index (χ4n) is 2.28. The molecule has 1 fully saturated rings. The number of nitrogens with one attached hydrogen (secondary N) is 1. The Bertz CT molecular complexity index is 618. The van der Waals surface area contributed by atoms with Gasteiger partial charge in [0.1, 0.15) is 0 Å². The standard InChI is InChI=1S/C15H21NO4S/c1-12(17)13-4-3-5-14(10-13)21(18,19)16-11-15(2)6-8-20-9-7-15/h3-5,10,16H,6-9,11H2,1-2H3. The zero-order valence-corrected chi connectivity index (χ0v) is 13.2. The number of ketones is 1. The molecule has 0 amide bonds. The van der Waals surface area contributed by atoms with Crippen molar-refractivity contribution < 1.29 is 17.9 Å². The minimum atomic E-state index is -3.60. The predicted molar refractivity (Wildman–Crippen MR) is 79.8 cm³/mol. The molecule has 0 spiro atoms. The molecule has 1 aliphatic heterocycles. The third-order valence-corrected chi connectivity index (χ3v) is 5.34. The molecule has 0 unspecified atom stereocenters. The molecule has 1 aromatic carbocycles. The van der Waals surface area contributed by atoms with Crippen molar-refractivity contribution in [3.05, 3.63) is 29.8 Å². The van der Waals surface area contributed by atoms with Crippen molar-refractivity contribution in [3.8, 4) is 0 Å². The maximum Gasteiger partial charge on any atom is 0.240 e. The highest BCUT2D eigenvalue weighted by Gasteiger charge is 2.29. The Morgan fingerprint density at radius 1 is 1.33 bits per heavy atom. The molecule has 1 saturated heterocycles. The molecule has 5 nitrogen and oxygen atoms in total. The Hall–Kier alpha value is -1.24. The van der Waals surface area contributed by atoms with Gasteiger partial charge >= 0.3 is 0 Å². The summed E-state index contributed by atoms with van der Waals surface area (Å²) in [5, 5.41) is 0. The van der Waals surface area contributed by atoms with Crippen molar-refractivity contribution in [2.24, 2.45) is 5.41 Å². The van der Waals surface area contributed by atoms with Gasteiger partial charge < -0.3 is 4.74 Å². The summed E-state index contributed by atoms with van der Waals surface area (Å²) < 4.78 is 32.6. The molecular formula is C15H21NO4S. The molecule has 0 bridgehead atoms. The molecule has 6 heteroatoms. The van der Waals surface area contributed by atoms with E-state index >= 15 is 0 Å². The molecule has 0 aliphatic carbocycles. The predicted octanol–water partition coefficient (Wildman–Crippen LogP) is 1.98. The van der Waals surface area contributed by atoms with Crippen LogP contribution in [0.4, 0.5) is 0 Å². The van der Waals surface area contributed by atoms with Crippen LogP contribution in [0.2, 0.25) is 0 Å². The summed E-state index contributed by atoms with van der Waals surface area (Å²) in [5.41, 5.74) is 0.318. The lowest BCUT2D eigenvalue weighted by Gasteiger charge is -2.33. The number of Topliss-reactive ketones (excluding diaryl/α,β-unsaturated/α-hetero) is 1. The number of hydrogen-bond donors (Lipinski definition) is 1. The van der Waals surface area contributed by atoms with Crippen LogP contribution in [0.3, 0.4) is 0 Å². The van der Waals surface area contributed by atoms with Gasteiger partial charge in [-0.05, 0) is 37.3 Å². The van der Waals surface area contributed by atoms with Gasteiger partial charge in [-0.15, -0.1) is 0 Å². The third-order valence-electron chi connectivity index (χ3n) is 3.94. The first kappa shape index (κ1) is 16.1. The van der Waals surface area contributed by atoms with E-state index in [2.05, 4.69) is 11.6 Å². The van der Waals surface area contributed by atoms with Crippen LogP contribution in [0.5, 0.6) is 0 Å². The lowest BCUT2D eigenvalue weighted by Crippen LogP contribution is -2.39. The van der Waals surface area contributed by atoms with Gasteiger partial charge in [0.05, 0.1) is 4.90 Å². The minimum Gasteiger partial charge on any atom is -0.381 e. The Morgan fingerprint density at radius 2 is 2.00 bits per heavy atom. The first-order chi connectivity index (χ1) is 9.82. The van der Waals surface area contributed by atoms with Crippen LogP contribution in [0.1, 0.15) is 37.0 Å². The van der Waals surface area contributed by atoms with Crippen molar-refractivity contribution in [1.82, 2.24) is 4.72 Å².